The van der Waals surface area contributed by atoms with Crippen LogP contribution in [-0.4, -0.2) is 21.1 Å². The largest absolute Gasteiger partial charge is 0.398 e. The quantitative estimate of drug-likeness (QED) is 0.628. The van der Waals surface area contributed by atoms with Crippen molar-refractivity contribution in [2.24, 2.45) is 0 Å². The third-order valence-electron chi connectivity index (χ3n) is 3.28. The van der Waals surface area contributed by atoms with Crippen molar-refractivity contribution in [2.75, 3.05) is 5.73 Å². The number of rotatable bonds is 1. The van der Waals surface area contributed by atoms with Crippen molar-refractivity contribution in [2.45, 2.75) is 32.2 Å². The van der Waals surface area contributed by atoms with Crippen molar-refractivity contribution in [3.63, 3.8) is 0 Å². The predicted octanol–water partition coefficient (Wildman–Crippen LogP) is 1.15. The van der Waals surface area contributed by atoms with Crippen molar-refractivity contribution < 1.29 is 17.8 Å². The van der Waals surface area contributed by atoms with E-state index >= 15 is 0 Å². The summed E-state index contributed by atoms with van der Waals surface area (Å²) >= 11 is 0. The third-order valence-corrected chi connectivity index (χ3v) is 3.28. The Kier molecular flexibility index (Phi) is 1.84. The van der Waals surface area contributed by atoms with Crippen molar-refractivity contribution in [1.82, 2.24) is 9.55 Å². The highest BCUT2D eigenvalue weighted by atomic mass is 16.2. The van der Waals surface area contributed by atoms with Crippen LogP contribution in [0.3, 0.4) is 0 Å². The molecule has 1 aromatic carbocycles. The highest BCUT2D eigenvalue weighted by Gasteiger charge is 2.30. The Bertz CT molecular complexity index is 1080. The first-order valence-electron chi connectivity index (χ1n) is 9.25. The van der Waals surface area contributed by atoms with Gasteiger partial charge in [0, 0.05) is 16.2 Å². The number of aromatic nitrogens is 2. The van der Waals surface area contributed by atoms with Gasteiger partial charge in [-0.15, -0.1) is 0 Å². The van der Waals surface area contributed by atoms with Crippen LogP contribution < -0.4 is 11.3 Å². The minimum Gasteiger partial charge on any atom is -0.398 e. The van der Waals surface area contributed by atoms with E-state index in [1.807, 2.05) is 0 Å². The first kappa shape index (κ1) is 8.07. The van der Waals surface area contributed by atoms with Crippen LogP contribution in [0.4, 0.5) is 5.69 Å². The van der Waals surface area contributed by atoms with Gasteiger partial charge in [-0.05, 0) is 25.4 Å². The number of hydrogen-bond acceptors (Lipinski definition) is 5. The summed E-state index contributed by atoms with van der Waals surface area (Å²) < 4.78 is 47.9. The fraction of sp³-hybridized carbons (Fsp3) is 0.333. The molecule has 0 aliphatic heterocycles. The molecule has 2 unspecified atom stereocenters. The van der Waals surface area contributed by atoms with E-state index in [1.54, 1.807) is 0 Å². The molecule has 0 spiro atoms. The fourth-order valence-corrected chi connectivity index (χ4v) is 2.32. The second kappa shape index (κ2) is 4.80. The molecule has 2 atom stereocenters. The van der Waals surface area contributed by atoms with Crippen LogP contribution in [0, 0.1) is 6.92 Å². The van der Waals surface area contributed by atoms with Crippen LogP contribution in [0.25, 0.3) is 10.9 Å². The Morgan fingerprint density at radius 3 is 2.95 bits per heavy atom. The Balaban J connectivity index is 2.38. The smallest absolute Gasteiger partial charge is 0.264 e. The molecular formula is C15H15N3O3. The van der Waals surface area contributed by atoms with Gasteiger partial charge in [-0.25, -0.2) is 4.98 Å². The summed E-state index contributed by atoms with van der Waals surface area (Å²) in [6, 6.07) is -3.11. The molecule has 1 aromatic heterocycles. The van der Waals surface area contributed by atoms with Gasteiger partial charge in [0.2, 0.25) is 0 Å². The summed E-state index contributed by atoms with van der Waals surface area (Å²) in [7, 11) is 0. The molecule has 108 valence electrons. The van der Waals surface area contributed by atoms with Gasteiger partial charge in [-0.2, -0.15) is 0 Å². The van der Waals surface area contributed by atoms with E-state index in [4.69, 9.17) is 14.0 Å². The number of nitrogen functional groups attached to an aromatic ring is 1. The third kappa shape index (κ3) is 2.12. The van der Waals surface area contributed by atoms with Crippen LogP contribution in [0.1, 0.15) is 39.3 Å². The van der Waals surface area contributed by atoms with Crippen LogP contribution in [0.5, 0.6) is 0 Å². The van der Waals surface area contributed by atoms with Crippen molar-refractivity contribution in [3.05, 3.63) is 34.3 Å². The van der Waals surface area contributed by atoms with Gasteiger partial charge in [0.05, 0.1) is 27.5 Å². The number of nitrogens with zero attached hydrogens (tertiary/aromatic N) is 2. The topological polar surface area (TPSA) is 95.0 Å². The number of carbonyl (C=O) groups is 2. The van der Waals surface area contributed by atoms with E-state index in [-0.39, 0.29) is 22.4 Å². The molecule has 1 aliphatic carbocycles. The molecule has 0 amide bonds. The number of aryl methyl sites for hydroxylation is 1. The maximum absolute atomic E-state index is 13.0. The zero-order valence-electron chi connectivity index (χ0n) is 17.1. The minimum atomic E-state index is -2.63. The Morgan fingerprint density at radius 1 is 1.43 bits per heavy atom. The lowest BCUT2D eigenvalue weighted by Crippen LogP contribution is -2.36. The van der Waals surface area contributed by atoms with Gasteiger partial charge in [0.25, 0.3) is 5.56 Å². The van der Waals surface area contributed by atoms with Gasteiger partial charge in [0.15, 0.2) is 5.78 Å². The van der Waals surface area contributed by atoms with E-state index in [9.17, 15) is 14.4 Å². The molecule has 0 radical (unpaired) electrons. The SMILES string of the molecule is [2H]c1c([2H])c(N)c2c(=O)n(C3C(=O)CC(=O)C([2H])([2H])C3[2H])c(C)nc2c1[2H]. The van der Waals surface area contributed by atoms with Crippen LogP contribution in [0.2, 0.25) is 0 Å². The summed E-state index contributed by atoms with van der Waals surface area (Å²) in [6.45, 7) is 1.33. The van der Waals surface area contributed by atoms with Crippen molar-refractivity contribution >= 4 is 28.2 Å². The van der Waals surface area contributed by atoms with Crippen LogP contribution in [0.15, 0.2) is 22.9 Å². The summed E-state index contributed by atoms with van der Waals surface area (Å²) in [4.78, 5) is 41.3. The normalized spacial score (nSPS) is 29.2. The van der Waals surface area contributed by atoms with E-state index in [0.29, 0.717) is 0 Å². The standard InChI is InChI=1S/C15H15N3O3/c1-8-17-11-4-2-3-10(16)14(11)15(21)18(8)12-6-5-9(19)7-13(12)20/h2-4,12H,5-7,16H2,1H3/i2D,3D,4D,5D2,6D. The number of anilines is 1. The number of benzene rings is 1. The average molecular weight is 291 g/mol. The Morgan fingerprint density at radius 2 is 2.19 bits per heavy atom. The molecular weight excluding hydrogens is 270 g/mol. The fourth-order valence-electron chi connectivity index (χ4n) is 2.32. The van der Waals surface area contributed by atoms with E-state index in [0.717, 1.165) is 4.57 Å². The Hall–Kier alpha value is -2.50. The molecule has 6 heteroatoms. The molecule has 0 bridgehead atoms. The molecule has 2 N–H and O–H groups in total. The number of hydrogen-bond donors (Lipinski definition) is 1. The number of Topliss-reactive ketones (excluding diaryl/α,β-unsaturated/α-hetero) is 2. The average Bonchev–Trinajstić information content (AvgIpc) is 2.59. The number of nitrogens with two attached hydrogens (primary N) is 1. The minimum absolute atomic E-state index is 0.0849. The predicted molar refractivity (Wildman–Crippen MR) is 78.1 cm³/mol. The van der Waals surface area contributed by atoms with Gasteiger partial charge in [-0.3, -0.25) is 19.0 Å². The lowest BCUT2D eigenvalue weighted by atomic mass is 9.92. The molecule has 1 aliphatic rings. The number of fused-ring (bicyclic) bond motifs is 1. The lowest BCUT2D eigenvalue weighted by molar-refractivity contribution is -0.132. The van der Waals surface area contributed by atoms with Gasteiger partial charge in [0.1, 0.15) is 11.6 Å². The molecule has 6 nitrogen and oxygen atoms in total. The highest BCUT2D eigenvalue weighted by Crippen LogP contribution is 2.24. The maximum Gasteiger partial charge on any atom is 0.264 e. The summed E-state index contributed by atoms with van der Waals surface area (Å²) in [5.74, 6) is -1.91. The van der Waals surface area contributed by atoms with Gasteiger partial charge >= 0.3 is 0 Å². The van der Waals surface area contributed by atoms with Crippen molar-refractivity contribution in [3.8, 4) is 0 Å². The zero-order valence-corrected chi connectivity index (χ0v) is 11.1. The molecule has 1 fully saturated rings. The van der Waals surface area contributed by atoms with E-state index < -0.39 is 60.5 Å². The van der Waals surface area contributed by atoms with Crippen LogP contribution >= 0.6 is 0 Å². The van der Waals surface area contributed by atoms with Crippen molar-refractivity contribution in [1.29, 1.82) is 0 Å². The second-order valence-electron chi connectivity index (χ2n) is 4.67. The number of ketones is 2. The molecule has 1 heterocycles. The Labute approximate surface area is 129 Å². The van der Waals surface area contributed by atoms with Gasteiger partial charge in [-0.1, -0.05) is 6.04 Å². The lowest BCUT2D eigenvalue weighted by Gasteiger charge is -2.24. The summed E-state index contributed by atoms with van der Waals surface area (Å²) in [5, 5.41) is -0.343. The van der Waals surface area contributed by atoms with E-state index in [2.05, 4.69) is 4.98 Å². The summed E-state index contributed by atoms with van der Waals surface area (Å²) in [5.41, 5.74) is 4.26. The monoisotopic (exact) mass is 291 g/mol. The second-order valence-corrected chi connectivity index (χ2v) is 4.67. The molecule has 0 saturated heterocycles. The summed E-state index contributed by atoms with van der Waals surface area (Å²) in [6.07, 6.45) is -5.26. The van der Waals surface area contributed by atoms with Crippen LogP contribution in [-0.2, 0) is 9.59 Å². The number of carbonyl (C=O) groups excluding carboxylic acids is 2. The van der Waals surface area contributed by atoms with E-state index in [1.165, 1.54) is 6.92 Å². The molecule has 2 aromatic rings. The first-order chi connectivity index (χ1) is 12.4. The molecule has 21 heavy (non-hydrogen) atoms. The van der Waals surface area contributed by atoms with Gasteiger partial charge < -0.3 is 5.73 Å². The highest BCUT2D eigenvalue weighted by molar-refractivity contribution is 6.03. The molecule has 3 rings (SSSR count). The first-order valence-corrected chi connectivity index (χ1v) is 6.17. The maximum atomic E-state index is 13.0. The zero-order chi connectivity index (χ0) is 20.4. The molecule has 1 saturated carbocycles.